The van der Waals surface area contributed by atoms with Crippen molar-refractivity contribution in [2.24, 2.45) is 0 Å². The van der Waals surface area contributed by atoms with Crippen LogP contribution in [0.4, 0.5) is 0 Å². The molecule has 0 saturated carbocycles. The molecule has 1 saturated heterocycles. The molecule has 150 valence electrons. The molecular weight excluding hydrogens is 354 g/mol. The maximum absolute atomic E-state index is 12.9. The number of aromatic nitrogens is 1. The molecule has 1 unspecified atom stereocenters. The van der Waals surface area contributed by atoms with Gasteiger partial charge in [-0.15, -0.1) is 0 Å². The van der Waals surface area contributed by atoms with Crippen LogP contribution in [0, 0.1) is 13.8 Å². The van der Waals surface area contributed by atoms with Crippen molar-refractivity contribution in [1.29, 1.82) is 0 Å². The van der Waals surface area contributed by atoms with Crippen LogP contribution in [0.3, 0.4) is 0 Å². The standard InChI is InChI=1S/C22H29N3O3/c1-15-19(16(2)28-24-15)14-25-13-12-18(10-11-20(25)26)23-21(27)22(3,4)17-8-6-5-7-9-17/h5-9,18H,10-14H2,1-4H3,(H,23,27). The summed E-state index contributed by atoms with van der Waals surface area (Å²) in [5.74, 6) is 0.860. The number of hydrogen-bond donors (Lipinski definition) is 1. The van der Waals surface area contributed by atoms with Crippen molar-refractivity contribution in [3.63, 3.8) is 0 Å². The minimum atomic E-state index is -0.617. The molecule has 1 aliphatic heterocycles. The highest BCUT2D eigenvalue weighted by Gasteiger charge is 2.32. The molecule has 1 aliphatic rings. The maximum atomic E-state index is 12.9. The number of carbonyl (C=O) groups excluding carboxylic acids is 2. The van der Waals surface area contributed by atoms with E-state index in [0.29, 0.717) is 25.9 Å². The minimum Gasteiger partial charge on any atom is -0.361 e. The third-order valence-corrected chi connectivity index (χ3v) is 5.74. The van der Waals surface area contributed by atoms with Gasteiger partial charge in [-0.2, -0.15) is 0 Å². The van der Waals surface area contributed by atoms with Crippen LogP contribution in [0.2, 0.25) is 0 Å². The second-order valence-electron chi connectivity index (χ2n) is 8.11. The number of amides is 2. The van der Waals surface area contributed by atoms with E-state index in [2.05, 4.69) is 10.5 Å². The SMILES string of the molecule is Cc1noc(C)c1CN1CCC(NC(=O)C(C)(C)c2ccccc2)CCC1=O. The molecule has 6 heteroatoms. The topological polar surface area (TPSA) is 75.4 Å². The smallest absolute Gasteiger partial charge is 0.230 e. The lowest BCUT2D eigenvalue weighted by atomic mass is 9.83. The first-order chi connectivity index (χ1) is 13.3. The molecule has 2 aromatic rings. The van der Waals surface area contributed by atoms with E-state index in [0.717, 1.165) is 29.0 Å². The Kier molecular flexibility index (Phi) is 5.87. The summed E-state index contributed by atoms with van der Waals surface area (Å²) < 4.78 is 5.21. The van der Waals surface area contributed by atoms with E-state index in [9.17, 15) is 9.59 Å². The summed E-state index contributed by atoms with van der Waals surface area (Å²) in [5.41, 5.74) is 2.16. The molecule has 2 heterocycles. The van der Waals surface area contributed by atoms with Gasteiger partial charge >= 0.3 is 0 Å². The van der Waals surface area contributed by atoms with E-state index >= 15 is 0 Å². The summed E-state index contributed by atoms with van der Waals surface area (Å²) in [5, 5.41) is 7.14. The molecule has 6 nitrogen and oxygen atoms in total. The van der Waals surface area contributed by atoms with Crippen molar-refractivity contribution in [1.82, 2.24) is 15.4 Å². The number of carbonyl (C=O) groups is 2. The zero-order valence-corrected chi connectivity index (χ0v) is 17.1. The van der Waals surface area contributed by atoms with E-state index in [1.807, 2.05) is 62.9 Å². The lowest BCUT2D eigenvalue weighted by Gasteiger charge is -2.27. The largest absolute Gasteiger partial charge is 0.361 e. The summed E-state index contributed by atoms with van der Waals surface area (Å²) in [6.07, 6.45) is 1.83. The summed E-state index contributed by atoms with van der Waals surface area (Å²) in [4.78, 5) is 27.3. The number of nitrogens with zero attached hydrogens (tertiary/aromatic N) is 2. The van der Waals surface area contributed by atoms with Gasteiger partial charge in [0.05, 0.1) is 17.7 Å². The van der Waals surface area contributed by atoms with E-state index in [4.69, 9.17) is 4.52 Å². The van der Waals surface area contributed by atoms with Gasteiger partial charge in [0.1, 0.15) is 5.76 Å². The Morgan fingerprint density at radius 1 is 1.25 bits per heavy atom. The first-order valence-electron chi connectivity index (χ1n) is 9.85. The van der Waals surface area contributed by atoms with Crippen molar-refractivity contribution in [3.05, 3.63) is 52.9 Å². The molecule has 3 rings (SSSR count). The van der Waals surface area contributed by atoms with Gasteiger partial charge in [-0.3, -0.25) is 9.59 Å². The highest BCUT2D eigenvalue weighted by Crippen LogP contribution is 2.25. The average Bonchev–Trinajstić information content (AvgIpc) is 2.89. The Morgan fingerprint density at radius 2 is 1.96 bits per heavy atom. The Hall–Kier alpha value is -2.63. The van der Waals surface area contributed by atoms with Crippen molar-refractivity contribution in [2.75, 3.05) is 6.54 Å². The third kappa shape index (κ3) is 4.26. The Morgan fingerprint density at radius 3 is 2.61 bits per heavy atom. The van der Waals surface area contributed by atoms with Crippen molar-refractivity contribution in [3.8, 4) is 0 Å². The van der Waals surface area contributed by atoms with Gasteiger partial charge in [0.25, 0.3) is 0 Å². The summed E-state index contributed by atoms with van der Waals surface area (Å²) in [6.45, 7) is 8.75. The fourth-order valence-corrected chi connectivity index (χ4v) is 3.62. The minimum absolute atomic E-state index is 0.00433. The lowest BCUT2D eigenvalue weighted by molar-refractivity contribution is -0.131. The predicted molar refractivity (Wildman–Crippen MR) is 107 cm³/mol. The summed E-state index contributed by atoms with van der Waals surface area (Å²) >= 11 is 0. The van der Waals surface area contributed by atoms with Gasteiger partial charge in [0.2, 0.25) is 11.8 Å². The third-order valence-electron chi connectivity index (χ3n) is 5.74. The van der Waals surface area contributed by atoms with E-state index in [-0.39, 0.29) is 17.9 Å². The van der Waals surface area contributed by atoms with Crippen LogP contribution < -0.4 is 5.32 Å². The molecule has 1 aromatic carbocycles. The molecule has 2 amide bonds. The monoisotopic (exact) mass is 383 g/mol. The normalized spacial score (nSPS) is 18.1. The molecule has 0 aliphatic carbocycles. The fraction of sp³-hybridized carbons (Fsp3) is 0.500. The molecule has 1 N–H and O–H groups in total. The second kappa shape index (κ2) is 8.17. The highest BCUT2D eigenvalue weighted by atomic mass is 16.5. The number of hydrogen-bond acceptors (Lipinski definition) is 4. The molecule has 0 spiro atoms. The van der Waals surface area contributed by atoms with Crippen LogP contribution in [0.15, 0.2) is 34.9 Å². The van der Waals surface area contributed by atoms with Gasteiger partial charge in [-0.25, -0.2) is 0 Å². The van der Waals surface area contributed by atoms with Gasteiger partial charge in [-0.1, -0.05) is 35.5 Å². The number of aryl methyl sites for hydroxylation is 2. The summed E-state index contributed by atoms with van der Waals surface area (Å²) in [6, 6.07) is 9.78. The zero-order valence-electron chi connectivity index (χ0n) is 17.1. The lowest BCUT2D eigenvalue weighted by Crippen LogP contribution is -2.45. The molecule has 28 heavy (non-hydrogen) atoms. The van der Waals surface area contributed by atoms with E-state index in [1.54, 1.807) is 0 Å². The van der Waals surface area contributed by atoms with Crippen LogP contribution in [-0.2, 0) is 21.5 Å². The fourth-order valence-electron chi connectivity index (χ4n) is 3.62. The summed E-state index contributed by atoms with van der Waals surface area (Å²) in [7, 11) is 0. The Balaban J connectivity index is 1.63. The highest BCUT2D eigenvalue weighted by molar-refractivity contribution is 5.87. The van der Waals surface area contributed by atoms with Crippen molar-refractivity contribution >= 4 is 11.8 Å². The first-order valence-corrected chi connectivity index (χ1v) is 9.85. The second-order valence-corrected chi connectivity index (χ2v) is 8.11. The van der Waals surface area contributed by atoms with Crippen LogP contribution in [0.25, 0.3) is 0 Å². The Labute approximate surface area is 166 Å². The number of nitrogens with one attached hydrogen (secondary N) is 1. The van der Waals surface area contributed by atoms with Gasteiger partial charge in [0, 0.05) is 24.6 Å². The maximum Gasteiger partial charge on any atom is 0.230 e. The van der Waals surface area contributed by atoms with Crippen LogP contribution in [0.5, 0.6) is 0 Å². The van der Waals surface area contributed by atoms with Gasteiger partial charge < -0.3 is 14.7 Å². The van der Waals surface area contributed by atoms with Crippen molar-refractivity contribution in [2.45, 2.75) is 65.0 Å². The molecule has 1 atom stereocenters. The quantitative estimate of drug-likeness (QED) is 0.860. The number of benzene rings is 1. The first kappa shape index (κ1) is 20.1. The molecule has 1 fully saturated rings. The molecular formula is C22H29N3O3. The van der Waals surface area contributed by atoms with E-state index < -0.39 is 5.41 Å². The van der Waals surface area contributed by atoms with Crippen LogP contribution in [0.1, 0.15) is 55.7 Å². The van der Waals surface area contributed by atoms with Crippen LogP contribution in [-0.4, -0.2) is 34.5 Å². The average molecular weight is 383 g/mol. The molecule has 1 aromatic heterocycles. The predicted octanol–water partition coefficient (Wildman–Crippen LogP) is 3.27. The van der Waals surface area contributed by atoms with Crippen molar-refractivity contribution < 1.29 is 14.1 Å². The zero-order chi connectivity index (χ0) is 20.3. The van der Waals surface area contributed by atoms with Gasteiger partial charge in [0.15, 0.2) is 0 Å². The Bertz CT molecular complexity index is 822. The number of likely N-dealkylation sites (tertiary alicyclic amines) is 1. The molecule has 0 radical (unpaired) electrons. The number of rotatable bonds is 5. The van der Waals surface area contributed by atoms with Crippen LogP contribution >= 0.6 is 0 Å². The van der Waals surface area contributed by atoms with Gasteiger partial charge in [-0.05, 0) is 46.1 Å². The molecule has 0 bridgehead atoms. The van der Waals surface area contributed by atoms with E-state index in [1.165, 1.54) is 0 Å².